The molecule has 2 heterocycles. The zero-order valence-corrected chi connectivity index (χ0v) is 15.6. The van der Waals surface area contributed by atoms with Crippen LogP contribution in [0.1, 0.15) is 48.4 Å². The third-order valence-corrected chi connectivity index (χ3v) is 5.14. The third kappa shape index (κ3) is 3.13. The Labute approximate surface area is 153 Å². The van der Waals surface area contributed by atoms with Crippen LogP contribution in [0.5, 0.6) is 0 Å². The van der Waals surface area contributed by atoms with E-state index in [0.717, 1.165) is 12.2 Å². The van der Waals surface area contributed by atoms with Crippen molar-refractivity contribution >= 4 is 28.6 Å². The number of hydrogen-bond acceptors (Lipinski definition) is 2. The van der Waals surface area contributed by atoms with Crippen molar-refractivity contribution < 1.29 is 4.79 Å². The second-order valence-corrected chi connectivity index (χ2v) is 6.64. The van der Waals surface area contributed by atoms with E-state index in [9.17, 15) is 4.79 Å². The van der Waals surface area contributed by atoms with Crippen LogP contribution in [0.15, 0.2) is 48.5 Å². The lowest BCUT2D eigenvalue weighted by molar-refractivity contribution is -0.114. The molecule has 2 aromatic carbocycles. The average Bonchev–Trinajstić information content (AvgIpc) is 3.03. The summed E-state index contributed by atoms with van der Waals surface area (Å²) in [6.07, 6.45) is 2.58. The first-order valence-corrected chi connectivity index (χ1v) is 8.43. The largest absolute Gasteiger partial charge is 0.326 e. The lowest BCUT2D eigenvalue weighted by Crippen LogP contribution is -2.34. The van der Waals surface area contributed by atoms with E-state index in [1.165, 1.54) is 36.1 Å². The molecule has 0 aliphatic carbocycles. The Hall–Kier alpha value is -1.65. The monoisotopic (exact) mass is 386 g/mol. The average molecular weight is 387 g/mol. The first-order valence-electron chi connectivity index (χ1n) is 8.43. The van der Waals surface area contributed by atoms with Gasteiger partial charge in [-0.15, -0.1) is 17.0 Å². The summed E-state index contributed by atoms with van der Waals surface area (Å²) >= 11 is 0. The summed E-state index contributed by atoms with van der Waals surface area (Å²) in [7, 11) is 0. The lowest BCUT2D eigenvalue weighted by Gasteiger charge is -2.37. The Bertz CT molecular complexity index is 729. The fraction of sp³-hybridized carbons (Fsp3) is 0.350. The first kappa shape index (κ1) is 17.2. The minimum absolute atomic E-state index is 0. The van der Waals surface area contributed by atoms with Crippen molar-refractivity contribution in [2.75, 3.05) is 18.4 Å². The van der Waals surface area contributed by atoms with Crippen LogP contribution in [0.2, 0.25) is 0 Å². The zero-order chi connectivity index (χ0) is 15.8. The summed E-state index contributed by atoms with van der Waals surface area (Å²) in [4.78, 5) is 13.8. The molecular formula is C20H23BrN2O. The number of nitrogens with one attached hydrogen (secondary N) is 1. The van der Waals surface area contributed by atoms with Crippen molar-refractivity contribution in [2.45, 2.75) is 31.7 Å². The van der Waals surface area contributed by atoms with Crippen molar-refractivity contribution in [1.29, 1.82) is 0 Å². The summed E-state index contributed by atoms with van der Waals surface area (Å²) in [6.45, 7) is 3.85. The van der Waals surface area contributed by atoms with E-state index < -0.39 is 0 Å². The Morgan fingerprint density at radius 1 is 1.08 bits per heavy atom. The highest BCUT2D eigenvalue weighted by Gasteiger charge is 2.35. The maximum atomic E-state index is 11.2. The molecule has 126 valence electrons. The van der Waals surface area contributed by atoms with Crippen molar-refractivity contribution in [3.05, 3.63) is 65.2 Å². The number of benzene rings is 2. The quantitative estimate of drug-likeness (QED) is 0.823. The predicted octanol–water partition coefficient (Wildman–Crippen LogP) is 4.51. The number of fused-ring (bicyclic) bond motifs is 3. The van der Waals surface area contributed by atoms with Crippen LogP contribution in [0.25, 0.3) is 0 Å². The molecule has 24 heavy (non-hydrogen) atoms. The Morgan fingerprint density at radius 3 is 2.50 bits per heavy atom. The third-order valence-electron chi connectivity index (χ3n) is 5.14. The summed E-state index contributed by atoms with van der Waals surface area (Å²) in [6, 6.07) is 17.9. The van der Waals surface area contributed by atoms with E-state index in [4.69, 9.17) is 0 Å². The van der Waals surface area contributed by atoms with E-state index in [0.29, 0.717) is 12.0 Å². The van der Waals surface area contributed by atoms with Crippen LogP contribution in [-0.2, 0) is 4.79 Å². The van der Waals surface area contributed by atoms with Gasteiger partial charge in [0.1, 0.15) is 0 Å². The Balaban J connectivity index is 0.00000169. The van der Waals surface area contributed by atoms with Gasteiger partial charge in [-0.2, -0.15) is 0 Å². The number of carbonyl (C=O) groups is 1. The van der Waals surface area contributed by atoms with Crippen molar-refractivity contribution in [3.8, 4) is 0 Å². The fourth-order valence-electron chi connectivity index (χ4n) is 4.15. The molecule has 2 aliphatic heterocycles. The summed E-state index contributed by atoms with van der Waals surface area (Å²) < 4.78 is 0. The number of rotatable bonds is 2. The molecule has 0 radical (unpaired) electrons. The highest BCUT2D eigenvalue weighted by Crippen LogP contribution is 2.44. The highest BCUT2D eigenvalue weighted by atomic mass is 79.9. The molecule has 1 saturated heterocycles. The molecule has 1 N–H and O–H groups in total. The van der Waals surface area contributed by atoms with Gasteiger partial charge >= 0.3 is 0 Å². The van der Waals surface area contributed by atoms with E-state index in [2.05, 4.69) is 46.6 Å². The number of halogens is 1. The molecule has 2 atom stereocenters. The zero-order valence-electron chi connectivity index (χ0n) is 13.9. The van der Waals surface area contributed by atoms with Gasteiger partial charge in [-0.25, -0.2) is 0 Å². The molecule has 1 amide bonds. The van der Waals surface area contributed by atoms with Crippen LogP contribution >= 0.6 is 17.0 Å². The summed E-state index contributed by atoms with van der Waals surface area (Å²) in [5, 5.41) is 2.84. The molecule has 4 heteroatoms. The van der Waals surface area contributed by atoms with Crippen molar-refractivity contribution in [1.82, 2.24) is 4.90 Å². The molecule has 3 nitrogen and oxygen atoms in total. The molecule has 0 spiro atoms. The van der Waals surface area contributed by atoms with Gasteiger partial charge in [0, 0.05) is 31.1 Å². The van der Waals surface area contributed by atoms with Crippen LogP contribution in [0.3, 0.4) is 0 Å². The minimum atomic E-state index is -0.0272. The van der Waals surface area contributed by atoms with Gasteiger partial charge in [-0.3, -0.25) is 9.69 Å². The molecule has 1 fully saturated rings. The fourth-order valence-corrected chi connectivity index (χ4v) is 4.15. The highest BCUT2D eigenvalue weighted by molar-refractivity contribution is 8.93. The normalized spacial score (nSPS) is 22.2. The van der Waals surface area contributed by atoms with Gasteiger partial charge in [-0.05, 0) is 48.2 Å². The second kappa shape index (κ2) is 7.08. The van der Waals surface area contributed by atoms with Gasteiger partial charge in [0.2, 0.25) is 5.91 Å². The van der Waals surface area contributed by atoms with Crippen LogP contribution in [0, 0.1) is 0 Å². The van der Waals surface area contributed by atoms with E-state index >= 15 is 0 Å². The van der Waals surface area contributed by atoms with Crippen molar-refractivity contribution in [3.63, 3.8) is 0 Å². The standard InChI is InChI=1S/C20H22N2O.BrH/c1-14(23)21-16-10-8-15(9-11-16)19-13-22-12-4-7-20(22)18-6-3-2-5-17(18)19;/h2-3,5-6,8-11,19-20H,4,7,12-13H2,1H3,(H,21,23);1H/t19-,20+;/m0./s1. The van der Waals surface area contributed by atoms with Crippen LogP contribution in [0.4, 0.5) is 5.69 Å². The van der Waals surface area contributed by atoms with E-state index in [-0.39, 0.29) is 22.9 Å². The molecular weight excluding hydrogens is 364 g/mol. The molecule has 0 aromatic heterocycles. The number of carbonyl (C=O) groups excluding carboxylic acids is 1. The number of nitrogens with zero attached hydrogens (tertiary/aromatic N) is 1. The van der Waals surface area contributed by atoms with Crippen LogP contribution < -0.4 is 5.32 Å². The SMILES string of the molecule is Br.CC(=O)Nc1ccc([C@@H]2CN3CCC[C@@H]3c3ccccc32)cc1. The van der Waals surface area contributed by atoms with Gasteiger partial charge in [0.15, 0.2) is 0 Å². The maximum Gasteiger partial charge on any atom is 0.221 e. The van der Waals surface area contributed by atoms with E-state index in [1.807, 2.05) is 12.1 Å². The Morgan fingerprint density at radius 2 is 1.79 bits per heavy atom. The topological polar surface area (TPSA) is 32.3 Å². The maximum absolute atomic E-state index is 11.2. The smallest absolute Gasteiger partial charge is 0.221 e. The van der Waals surface area contributed by atoms with Crippen LogP contribution in [-0.4, -0.2) is 23.9 Å². The Kier molecular flexibility index (Phi) is 5.07. The van der Waals surface area contributed by atoms with Gasteiger partial charge < -0.3 is 5.32 Å². The van der Waals surface area contributed by atoms with E-state index in [1.54, 1.807) is 6.92 Å². The number of hydrogen-bond donors (Lipinski definition) is 1. The molecule has 2 aliphatic rings. The first-order chi connectivity index (χ1) is 11.2. The molecule has 0 saturated carbocycles. The van der Waals surface area contributed by atoms with Gasteiger partial charge in [0.05, 0.1) is 0 Å². The molecule has 4 rings (SSSR count). The lowest BCUT2D eigenvalue weighted by atomic mass is 9.81. The molecule has 0 unspecified atom stereocenters. The predicted molar refractivity (Wildman–Crippen MR) is 103 cm³/mol. The minimum Gasteiger partial charge on any atom is -0.326 e. The van der Waals surface area contributed by atoms with Gasteiger partial charge in [0.25, 0.3) is 0 Å². The van der Waals surface area contributed by atoms with Crippen molar-refractivity contribution in [2.24, 2.45) is 0 Å². The van der Waals surface area contributed by atoms with Gasteiger partial charge in [-0.1, -0.05) is 36.4 Å². The second-order valence-electron chi connectivity index (χ2n) is 6.64. The summed E-state index contributed by atoms with van der Waals surface area (Å²) in [5.74, 6) is 0.396. The molecule has 2 aromatic rings. The number of amides is 1. The molecule has 0 bridgehead atoms. The summed E-state index contributed by atoms with van der Waals surface area (Å²) in [5.41, 5.74) is 5.18. The number of anilines is 1.